The molecule has 0 N–H and O–H groups in total. The van der Waals surface area contributed by atoms with Gasteiger partial charge in [0, 0.05) is 16.7 Å². The van der Waals surface area contributed by atoms with Gasteiger partial charge in [-0.1, -0.05) is 134 Å². The van der Waals surface area contributed by atoms with Crippen molar-refractivity contribution in [3.63, 3.8) is 0 Å². The van der Waals surface area contributed by atoms with Crippen molar-refractivity contribution in [2.45, 2.75) is 13.3 Å². The smallest absolute Gasteiger partial charge is 0.160 e. The Labute approximate surface area is 251 Å². The fourth-order valence-electron chi connectivity index (χ4n) is 6.33. The molecule has 1 aliphatic rings. The molecule has 0 amide bonds. The molecule has 0 saturated heterocycles. The second-order valence-electron chi connectivity index (χ2n) is 11.5. The minimum Gasteiger partial charge on any atom is -0.228 e. The lowest BCUT2D eigenvalue weighted by atomic mass is 9.93. The number of hydrogen-bond donors (Lipinski definition) is 0. The van der Waals surface area contributed by atoms with E-state index in [4.69, 9.17) is 9.97 Å². The van der Waals surface area contributed by atoms with Crippen LogP contribution in [0.15, 0.2) is 146 Å². The van der Waals surface area contributed by atoms with E-state index in [-0.39, 0.29) is 0 Å². The van der Waals surface area contributed by atoms with Crippen LogP contribution in [0.25, 0.3) is 71.8 Å². The third-order valence-electron chi connectivity index (χ3n) is 8.60. The lowest BCUT2D eigenvalue weighted by Gasteiger charge is -2.14. The average Bonchev–Trinajstić information content (AvgIpc) is 3.09. The maximum atomic E-state index is 5.20. The zero-order valence-corrected chi connectivity index (χ0v) is 24.0. The quantitative estimate of drug-likeness (QED) is 0.204. The van der Waals surface area contributed by atoms with Crippen molar-refractivity contribution in [2.24, 2.45) is 5.92 Å². The zero-order valence-electron chi connectivity index (χ0n) is 24.0. The summed E-state index contributed by atoms with van der Waals surface area (Å²) in [4.78, 5) is 10.3. The van der Waals surface area contributed by atoms with Gasteiger partial charge in [-0.15, -0.1) is 0 Å². The number of hydrogen-bond acceptors (Lipinski definition) is 2. The van der Waals surface area contributed by atoms with Crippen molar-refractivity contribution in [1.82, 2.24) is 9.97 Å². The molecule has 1 atom stereocenters. The standard InChI is InChI=1S/C41H30N2/c1-27-18-20-28(21-19-27)30-12-9-13-31(24-30)40-26-39(29-10-3-2-4-11-29)42-41(43-40)32-22-23-37-35-16-6-5-14-33(35)34-15-7-8-17-36(34)38(37)25-32/h2-18,20-27H,19H2,1H3. The number of fused-ring (bicyclic) bond motifs is 6. The van der Waals surface area contributed by atoms with E-state index in [2.05, 4.69) is 146 Å². The summed E-state index contributed by atoms with van der Waals surface area (Å²) in [7, 11) is 0. The normalized spacial score (nSPS) is 14.8. The summed E-state index contributed by atoms with van der Waals surface area (Å²) in [6, 6.07) is 45.3. The van der Waals surface area contributed by atoms with Crippen molar-refractivity contribution in [3.8, 4) is 33.9 Å². The van der Waals surface area contributed by atoms with Gasteiger partial charge in [-0.3, -0.25) is 0 Å². The van der Waals surface area contributed by atoms with E-state index in [9.17, 15) is 0 Å². The Morgan fingerprint density at radius 3 is 1.74 bits per heavy atom. The predicted octanol–water partition coefficient (Wildman–Crippen LogP) is 10.9. The first-order chi connectivity index (χ1) is 21.2. The molecule has 1 unspecified atom stereocenters. The Balaban J connectivity index is 1.33. The molecule has 1 heterocycles. The van der Waals surface area contributed by atoms with Crippen LogP contribution in [0.1, 0.15) is 18.9 Å². The predicted molar refractivity (Wildman–Crippen MR) is 182 cm³/mol. The Morgan fingerprint density at radius 1 is 0.488 bits per heavy atom. The number of aromatic nitrogens is 2. The Bertz CT molecular complexity index is 2190. The number of allylic oxidation sites excluding steroid dienone is 4. The summed E-state index contributed by atoms with van der Waals surface area (Å²) in [5.74, 6) is 1.31. The molecule has 0 aliphatic heterocycles. The summed E-state index contributed by atoms with van der Waals surface area (Å²) >= 11 is 0. The molecule has 0 fully saturated rings. The molecule has 1 aliphatic carbocycles. The van der Waals surface area contributed by atoms with Crippen LogP contribution in [0.3, 0.4) is 0 Å². The Kier molecular flexibility index (Phi) is 6.19. The Morgan fingerprint density at radius 2 is 1.07 bits per heavy atom. The average molecular weight is 551 g/mol. The first kappa shape index (κ1) is 25.4. The number of rotatable bonds is 4. The molecule has 1 aromatic heterocycles. The van der Waals surface area contributed by atoms with E-state index < -0.39 is 0 Å². The molecule has 2 heteroatoms. The molecular weight excluding hydrogens is 520 g/mol. The Hall–Kier alpha value is -5.34. The molecule has 8 rings (SSSR count). The van der Waals surface area contributed by atoms with E-state index in [1.54, 1.807) is 0 Å². The van der Waals surface area contributed by atoms with Gasteiger partial charge in [0.15, 0.2) is 5.82 Å². The molecule has 0 spiro atoms. The van der Waals surface area contributed by atoms with Gasteiger partial charge in [0.2, 0.25) is 0 Å². The molecule has 2 nitrogen and oxygen atoms in total. The fraction of sp³-hybridized carbons (Fsp3) is 0.0732. The van der Waals surface area contributed by atoms with Crippen molar-refractivity contribution in [2.75, 3.05) is 0 Å². The molecule has 0 saturated carbocycles. The maximum Gasteiger partial charge on any atom is 0.160 e. The summed E-state index contributed by atoms with van der Waals surface area (Å²) in [5.41, 5.74) is 7.49. The first-order valence-corrected chi connectivity index (χ1v) is 15.0. The van der Waals surface area contributed by atoms with Gasteiger partial charge in [0.25, 0.3) is 0 Å². The summed E-state index contributed by atoms with van der Waals surface area (Å²) < 4.78 is 0. The highest BCUT2D eigenvalue weighted by Gasteiger charge is 2.15. The monoisotopic (exact) mass is 550 g/mol. The van der Waals surface area contributed by atoms with Crippen molar-refractivity contribution >= 4 is 37.9 Å². The SMILES string of the molecule is CC1C=CC(c2cccc(-c3cc(-c4ccccc4)nc(-c4ccc5c6ccccc6c6ccccc6c5c4)n3)c2)=CC1. The lowest BCUT2D eigenvalue weighted by Crippen LogP contribution is -1.97. The van der Waals surface area contributed by atoms with E-state index in [1.807, 2.05) is 6.07 Å². The van der Waals surface area contributed by atoms with Gasteiger partial charge in [0.05, 0.1) is 11.4 Å². The van der Waals surface area contributed by atoms with Crippen LogP contribution in [0.5, 0.6) is 0 Å². The fourth-order valence-corrected chi connectivity index (χ4v) is 6.33. The molecular formula is C41H30N2. The zero-order chi connectivity index (χ0) is 28.8. The van der Waals surface area contributed by atoms with Crippen molar-refractivity contribution in [1.29, 1.82) is 0 Å². The lowest BCUT2D eigenvalue weighted by molar-refractivity contribution is 0.739. The molecule has 0 bridgehead atoms. The summed E-state index contributed by atoms with van der Waals surface area (Å²) in [6.07, 6.45) is 7.95. The van der Waals surface area contributed by atoms with Gasteiger partial charge < -0.3 is 0 Å². The highest BCUT2D eigenvalue weighted by Crippen LogP contribution is 2.37. The largest absolute Gasteiger partial charge is 0.228 e. The van der Waals surface area contributed by atoms with E-state index >= 15 is 0 Å². The van der Waals surface area contributed by atoms with Crippen LogP contribution < -0.4 is 0 Å². The van der Waals surface area contributed by atoms with Crippen LogP contribution in [-0.2, 0) is 0 Å². The van der Waals surface area contributed by atoms with Gasteiger partial charge in [0.1, 0.15) is 0 Å². The van der Waals surface area contributed by atoms with Crippen LogP contribution in [0, 0.1) is 5.92 Å². The van der Waals surface area contributed by atoms with E-state index in [0.717, 1.165) is 40.3 Å². The molecule has 0 radical (unpaired) electrons. The van der Waals surface area contributed by atoms with Crippen LogP contribution in [0.2, 0.25) is 0 Å². The highest BCUT2D eigenvalue weighted by molar-refractivity contribution is 6.25. The van der Waals surface area contributed by atoms with Crippen molar-refractivity contribution < 1.29 is 0 Å². The van der Waals surface area contributed by atoms with Gasteiger partial charge >= 0.3 is 0 Å². The van der Waals surface area contributed by atoms with Gasteiger partial charge in [-0.2, -0.15) is 0 Å². The van der Waals surface area contributed by atoms with Crippen LogP contribution in [-0.4, -0.2) is 9.97 Å². The van der Waals surface area contributed by atoms with Crippen LogP contribution >= 0.6 is 0 Å². The third-order valence-corrected chi connectivity index (χ3v) is 8.60. The molecule has 43 heavy (non-hydrogen) atoms. The summed E-state index contributed by atoms with van der Waals surface area (Å²) in [6.45, 7) is 2.26. The van der Waals surface area contributed by atoms with E-state index in [0.29, 0.717) is 5.92 Å². The number of benzene rings is 6. The molecule has 7 aromatic rings. The van der Waals surface area contributed by atoms with Gasteiger partial charge in [-0.25, -0.2) is 9.97 Å². The first-order valence-electron chi connectivity index (χ1n) is 15.0. The van der Waals surface area contributed by atoms with E-state index in [1.165, 1.54) is 43.5 Å². The van der Waals surface area contributed by atoms with Crippen molar-refractivity contribution in [3.05, 3.63) is 151 Å². The minimum atomic E-state index is 0.585. The number of nitrogens with zero attached hydrogens (tertiary/aromatic N) is 2. The topological polar surface area (TPSA) is 25.8 Å². The second kappa shape index (κ2) is 10.5. The minimum absolute atomic E-state index is 0.585. The van der Waals surface area contributed by atoms with Crippen LogP contribution in [0.4, 0.5) is 0 Å². The third kappa shape index (κ3) is 4.62. The maximum absolute atomic E-state index is 5.20. The second-order valence-corrected chi connectivity index (χ2v) is 11.5. The van der Waals surface area contributed by atoms with Gasteiger partial charge in [-0.05, 0) is 74.0 Å². The summed E-state index contributed by atoms with van der Waals surface area (Å²) in [5, 5.41) is 7.51. The molecule has 6 aromatic carbocycles. The highest BCUT2D eigenvalue weighted by atomic mass is 14.9. The molecule has 204 valence electrons.